The molecule has 4 rings (SSSR count). The van der Waals surface area contributed by atoms with Gasteiger partial charge in [0.2, 0.25) is 0 Å². The highest BCUT2D eigenvalue weighted by atomic mass is 35.5. The molecule has 0 spiro atoms. The SMILES string of the molecule is Fc1ccc(-c2ccc3ncc(-c4cccs4)n3n2)cc1Cl. The van der Waals surface area contributed by atoms with Crippen molar-refractivity contribution < 1.29 is 4.39 Å². The zero-order valence-corrected chi connectivity index (χ0v) is 12.8. The number of thiophene rings is 1. The number of halogens is 2. The predicted molar refractivity (Wildman–Crippen MR) is 86.7 cm³/mol. The van der Waals surface area contributed by atoms with Gasteiger partial charge < -0.3 is 0 Å². The van der Waals surface area contributed by atoms with E-state index >= 15 is 0 Å². The molecule has 0 fully saturated rings. The van der Waals surface area contributed by atoms with Crippen LogP contribution in [0.5, 0.6) is 0 Å². The van der Waals surface area contributed by atoms with Crippen LogP contribution in [0.4, 0.5) is 4.39 Å². The molecule has 3 nitrogen and oxygen atoms in total. The van der Waals surface area contributed by atoms with Gasteiger partial charge in [0.1, 0.15) is 11.5 Å². The van der Waals surface area contributed by atoms with Gasteiger partial charge in [0.25, 0.3) is 0 Å². The first-order chi connectivity index (χ1) is 10.7. The van der Waals surface area contributed by atoms with E-state index in [0.29, 0.717) is 5.69 Å². The van der Waals surface area contributed by atoms with E-state index in [9.17, 15) is 4.39 Å². The van der Waals surface area contributed by atoms with Crippen molar-refractivity contribution in [2.75, 3.05) is 0 Å². The third kappa shape index (κ3) is 2.19. The summed E-state index contributed by atoms with van der Waals surface area (Å²) in [5.74, 6) is -0.437. The topological polar surface area (TPSA) is 30.2 Å². The second-order valence-corrected chi connectivity index (χ2v) is 6.09. The fourth-order valence-corrected chi connectivity index (χ4v) is 3.18. The Morgan fingerprint density at radius 3 is 2.82 bits per heavy atom. The molecule has 0 aliphatic rings. The maximum absolute atomic E-state index is 13.3. The molecule has 0 N–H and O–H groups in total. The van der Waals surface area contributed by atoms with Gasteiger partial charge in [-0.15, -0.1) is 11.3 Å². The maximum Gasteiger partial charge on any atom is 0.154 e. The lowest BCUT2D eigenvalue weighted by atomic mass is 10.1. The van der Waals surface area contributed by atoms with Crippen molar-refractivity contribution in [2.45, 2.75) is 0 Å². The van der Waals surface area contributed by atoms with Gasteiger partial charge in [0.15, 0.2) is 5.65 Å². The van der Waals surface area contributed by atoms with E-state index in [1.54, 1.807) is 34.2 Å². The van der Waals surface area contributed by atoms with Crippen molar-refractivity contribution in [1.82, 2.24) is 14.6 Å². The van der Waals surface area contributed by atoms with Crippen molar-refractivity contribution >= 4 is 28.6 Å². The van der Waals surface area contributed by atoms with Crippen molar-refractivity contribution in [3.8, 4) is 21.8 Å². The molecule has 0 atom stereocenters. The van der Waals surface area contributed by atoms with Gasteiger partial charge in [-0.3, -0.25) is 0 Å². The summed E-state index contributed by atoms with van der Waals surface area (Å²) in [5.41, 5.74) is 3.17. The standard InChI is InChI=1S/C16H9ClFN3S/c17-11-8-10(3-4-12(11)18)13-5-6-16-19-9-14(21(16)20-13)15-2-1-7-22-15/h1-9H. The highest BCUT2D eigenvalue weighted by molar-refractivity contribution is 7.13. The molecule has 108 valence electrons. The molecular weight excluding hydrogens is 321 g/mol. The van der Waals surface area contributed by atoms with Crippen molar-refractivity contribution in [1.29, 1.82) is 0 Å². The Labute approximate surface area is 134 Å². The highest BCUT2D eigenvalue weighted by Gasteiger charge is 2.10. The van der Waals surface area contributed by atoms with E-state index in [4.69, 9.17) is 11.6 Å². The Morgan fingerprint density at radius 1 is 1.14 bits per heavy atom. The number of aromatic nitrogens is 3. The Kier molecular flexibility index (Phi) is 3.17. The van der Waals surface area contributed by atoms with E-state index in [-0.39, 0.29) is 5.02 Å². The van der Waals surface area contributed by atoms with E-state index in [2.05, 4.69) is 10.1 Å². The van der Waals surface area contributed by atoms with Crippen LogP contribution in [0, 0.1) is 5.82 Å². The minimum absolute atomic E-state index is 0.0866. The van der Waals surface area contributed by atoms with E-state index in [1.165, 1.54) is 6.07 Å². The van der Waals surface area contributed by atoms with Crippen molar-refractivity contribution in [2.24, 2.45) is 0 Å². The Balaban J connectivity index is 1.89. The average molecular weight is 330 g/mol. The van der Waals surface area contributed by atoms with E-state index in [0.717, 1.165) is 21.8 Å². The van der Waals surface area contributed by atoms with E-state index in [1.807, 2.05) is 29.6 Å². The summed E-state index contributed by atoms with van der Waals surface area (Å²) in [5, 5.41) is 6.71. The van der Waals surface area contributed by atoms with Crippen LogP contribution < -0.4 is 0 Å². The van der Waals surface area contributed by atoms with Crippen LogP contribution in [0.25, 0.3) is 27.5 Å². The van der Waals surface area contributed by atoms with Gasteiger partial charge in [-0.25, -0.2) is 13.9 Å². The van der Waals surface area contributed by atoms with Crippen LogP contribution in [-0.4, -0.2) is 14.6 Å². The summed E-state index contributed by atoms with van der Waals surface area (Å²) in [6, 6.07) is 12.3. The highest BCUT2D eigenvalue weighted by Crippen LogP contribution is 2.27. The number of imidazole rings is 1. The van der Waals surface area contributed by atoms with Crippen LogP contribution in [0.1, 0.15) is 0 Å². The molecule has 0 aliphatic carbocycles. The summed E-state index contributed by atoms with van der Waals surface area (Å²) < 4.78 is 15.1. The van der Waals surface area contributed by atoms with Crippen LogP contribution in [0.2, 0.25) is 5.02 Å². The summed E-state index contributed by atoms with van der Waals surface area (Å²) >= 11 is 7.48. The van der Waals surface area contributed by atoms with Crippen molar-refractivity contribution in [3.63, 3.8) is 0 Å². The summed E-state index contributed by atoms with van der Waals surface area (Å²) in [7, 11) is 0. The number of hydrogen-bond donors (Lipinski definition) is 0. The van der Waals surface area contributed by atoms with Gasteiger partial charge in [-0.2, -0.15) is 5.10 Å². The third-order valence-corrected chi connectivity index (χ3v) is 4.53. The molecule has 0 aliphatic heterocycles. The van der Waals surface area contributed by atoms with Crippen LogP contribution in [0.15, 0.2) is 54.0 Å². The van der Waals surface area contributed by atoms with Crippen LogP contribution in [0.3, 0.4) is 0 Å². The summed E-state index contributed by atoms with van der Waals surface area (Å²) in [4.78, 5) is 5.45. The molecule has 0 radical (unpaired) electrons. The molecule has 3 aromatic heterocycles. The fourth-order valence-electron chi connectivity index (χ4n) is 2.28. The maximum atomic E-state index is 13.3. The summed E-state index contributed by atoms with van der Waals surface area (Å²) in [6.45, 7) is 0. The lowest BCUT2D eigenvalue weighted by molar-refractivity contribution is 0.628. The molecule has 4 aromatic rings. The second kappa shape index (κ2) is 5.19. The predicted octanol–water partition coefficient (Wildman–Crippen LogP) is 4.92. The quantitative estimate of drug-likeness (QED) is 0.522. The Morgan fingerprint density at radius 2 is 2.05 bits per heavy atom. The van der Waals surface area contributed by atoms with Gasteiger partial charge in [-0.05, 0) is 41.8 Å². The molecule has 0 saturated heterocycles. The number of hydrogen-bond acceptors (Lipinski definition) is 3. The number of rotatable bonds is 2. The van der Waals surface area contributed by atoms with Crippen LogP contribution >= 0.6 is 22.9 Å². The monoisotopic (exact) mass is 329 g/mol. The molecular formula is C16H9ClFN3S. The Bertz CT molecular complexity index is 963. The molecule has 6 heteroatoms. The van der Waals surface area contributed by atoms with E-state index < -0.39 is 5.82 Å². The second-order valence-electron chi connectivity index (χ2n) is 4.74. The lowest BCUT2D eigenvalue weighted by Crippen LogP contribution is -1.96. The molecule has 1 aromatic carbocycles. The first-order valence-electron chi connectivity index (χ1n) is 6.56. The van der Waals surface area contributed by atoms with Crippen molar-refractivity contribution in [3.05, 3.63) is 64.9 Å². The Hall–Kier alpha value is -2.24. The van der Waals surface area contributed by atoms with Gasteiger partial charge in [-0.1, -0.05) is 17.7 Å². The first kappa shape index (κ1) is 13.4. The van der Waals surface area contributed by atoms with Gasteiger partial charge >= 0.3 is 0 Å². The lowest BCUT2D eigenvalue weighted by Gasteiger charge is -2.04. The number of nitrogens with zero attached hydrogens (tertiary/aromatic N) is 3. The first-order valence-corrected chi connectivity index (χ1v) is 7.82. The molecule has 0 saturated carbocycles. The van der Waals surface area contributed by atoms with Gasteiger partial charge in [0.05, 0.1) is 21.8 Å². The molecule has 0 amide bonds. The summed E-state index contributed by atoms with van der Waals surface area (Å²) in [6.07, 6.45) is 1.80. The fraction of sp³-hybridized carbons (Fsp3) is 0. The molecule has 3 heterocycles. The normalized spacial score (nSPS) is 11.2. The minimum atomic E-state index is -0.437. The average Bonchev–Trinajstić information content (AvgIpc) is 3.17. The van der Waals surface area contributed by atoms with Gasteiger partial charge in [0, 0.05) is 5.56 Å². The number of benzene rings is 1. The molecule has 22 heavy (non-hydrogen) atoms. The minimum Gasteiger partial charge on any atom is -0.235 e. The smallest absolute Gasteiger partial charge is 0.154 e. The molecule has 0 bridgehead atoms. The third-order valence-electron chi connectivity index (χ3n) is 3.35. The molecule has 0 unspecified atom stereocenters. The largest absolute Gasteiger partial charge is 0.235 e. The number of fused-ring (bicyclic) bond motifs is 1. The van der Waals surface area contributed by atoms with Crippen LogP contribution in [-0.2, 0) is 0 Å². The zero-order valence-electron chi connectivity index (χ0n) is 11.2. The zero-order chi connectivity index (χ0) is 15.1.